The monoisotopic (exact) mass is 472 g/mol. The molecule has 0 bridgehead atoms. The normalized spacial score (nSPS) is 26.2. The molecule has 24 heavy (non-hydrogen) atoms. The Bertz CT molecular complexity index is 373. The second-order valence-electron chi connectivity index (χ2n) is 6.48. The Balaban J connectivity index is 0.00000288. The summed E-state index contributed by atoms with van der Waals surface area (Å²) in [6, 6.07) is 0.458. The maximum atomic E-state index is 10.4. The molecule has 0 aromatic carbocycles. The van der Waals surface area contributed by atoms with E-state index < -0.39 is 5.60 Å². The molecule has 0 saturated carbocycles. The standard InChI is InChI=1S/C16H32N4O2S.HI/c1-3-17-15(18-12-16(21)6-11-23-13-16)19-14-4-7-20(8-5-14)9-10-22-2;/h14,21H,3-13H2,1-2H3,(H2,17,18,19);1H. The summed E-state index contributed by atoms with van der Waals surface area (Å²) in [5.74, 6) is 2.68. The Morgan fingerprint density at radius 1 is 1.42 bits per heavy atom. The topological polar surface area (TPSA) is 69.1 Å². The lowest BCUT2D eigenvalue weighted by Crippen LogP contribution is -2.49. The van der Waals surface area contributed by atoms with E-state index in [1.165, 1.54) is 0 Å². The molecule has 2 fully saturated rings. The van der Waals surface area contributed by atoms with E-state index in [0.29, 0.717) is 12.6 Å². The molecule has 2 rings (SSSR count). The van der Waals surface area contributed by atoms with E-state index in [2.05, 4.69) is 27.4 Å². The first-order valence-electron chi connectivity index (χ1n) is 8.71. The minimum atomic E-state index is -0.615. The van der Waals surface area contributed by atoms with E-state index in [4.69, 9.17) is 4.74 Å². The van der Waals surface area contributed by atoms with Crippen molar-refractivity contribution in [2.75, 3.05) is 57.9 Å². The largest absolute Gasteiger partial charge is 0.387 e. The van der Waals surface area contributed by atoms with E-state index in [-0.39, 0.29) is 24.0 Å². The maximum Gasteiger partial charge on any atom is 0.191 e. The number of likely N-dealkylation sites (tertiary alicyclic amines) is 1. The zero-order valence-corrected chi connectivity index (χ0v) is 18.1. The molecule has 1 atom stereocenters. The third-order valence-corrected chi connectivity index (χ3v) is 5.73. The highest BCUT2D eigenvalue weighted by Crippen LogP contribution is 2.27. The predicted molar refractivity (Wildman–Crippen MR) is 113 cm³/mol. The van der Waals surface area contributed by atoms with Crippen LogP contribution in [0.2, 0.25) is 0 Å². The van der Waals surface area contributed by atoms with Crippen LogP contribution in [0.5, 0.6) is 0 Å². The average Bonchev–Trinajstić information content (AvgIpc) is 2.99. The van der Waals surface area contributed by atoms with Crippen molar-refractivity contribution in [2.45, 2.75) is 37.8 Å². The zero-order valence-electron chi connectivity index (χ0n) is 14.9. The molecule has 142 valence electrons. The van der Waals surface area contributed by atoms with Crippen molar-refractivity contribution in [2.24, 2.45) is 4.99 Å². The van der Waals surface area contributed by atoms with Crippen LogP contribution in [0, 0.1) is 0 Å². The van der Waals surface area contributed by atoms with Crippen LogP contribution in [0.1, 0.15) is 26.2 Å². The molecule has 2 aliphatic rings. The van der Waals surface area contributed by atoms with Crippen LogP contribution in [0.3, 0.4) is 0 Å². The molecule has 3 N–H and O–H groups in total. The molecule has 0 amide bonds. The molecule has 2 heterocycles. The molecule has 6 nitrogen and oxygen atoms in total. The van der Waals surface area contributed by atoms with Gasteiger partial charge in [-0.3, -0.25) is 4.99 Å². The van der Waals surface area contributed by atoms with E-state index in [1.54, 1.807) is 7.11 Å². The smallest absolute Gasteiger partial charge is 0.191 e. The minimum absolute atomic E-state index is 0. The van der Waals surface area contributed by atoms with Crippen LogP contribution in [-0.2, 0) is 4.74 Å². The predicted octanol–water partition coefficient (Wildman–Crippen LogP) is 1.14. The number of methoxy groups -OCH3 is 1. The van der Waals surface area contributed by atoms with Gasteiger partial charge in [-0.2, -0.15) is 11.8 Å². The van der Waals surface area contributed by atoms with E-state index >= 15 is 0 Å². The van der Waals surface area contributed by atoms with Crippen LogP contribution in [0.25, 0.3) is 0 Å². The molecule has 0 aromatic rings. The van der Waals surface area contributed by atoms with Crippen LogP contribution in [0.4, 0.5) is 0 Å². The molecule has 0 aromatic heterocycles. The minimum Gasteiger partial charge on any atom is -0.387 e. The van der Waals surface area contributed by atoms with Gasteiger partial charge in [0.1, 0.15) is 0 Å². The van der Waals surface area contributed by atoms with Gasteiger partial charge in [0.25, 0.3) is 0 Å². The number of aliphatic hydroxyl groups is 1. The van der Waals surface area contributed by atoms with Gasteiger partial charge < -0.3 is 25.4 Å². The maximum absolute atomic E-state index is 10.4. The molecule has 1 unspecified atom stereocenters. The molecule has 0 radical (unpaired) electrons. The third-order valence-electron chi connectivity index (χ3n) is 4.50. The number of thioether (sulfide) groups is 1. The Hall–Kier alpha value is 0.230. The molecular weight excluding hydrogens is 439 g/mol. The quantitative estimate of drug-likeness (QED) is 0.294. The first-order chi connectivity index (χ1) is 11.1. The molecular formula is C16H33IN4O2S. The highest BCUT2D eigenvalue weighted by Gasteiger charge is 2.31. The van der Waals surface area contributed by atoms with Crippen LogP contribution >= 0.6 is 35.7 Å². The van der Waals surface area contributed by atoms with Gasteiger partial charge in [0.15, 0.2) is 5.96 Å². The summed E-state index contributed by atoms with van der Waals surface area (Å²) in [5.41, 5.74) is -0.615. The van der Waals surface area contributed by atoms with Gasteiger partial charge in [0.05, 0.1) is 18.8 Å². The summed E-state index contributed by atoms with van der Waals surface area (Å²) in [6.07, 6.45) is 3.08. The lowest BCUT2D eigenvalue weighted by molar-refractivity contribution is 0.0778. The number of nitrogens with one attached hydrogen (secondary N) is 2. The van der Waals surface area contributed by atoms with Gasteiger partial charge in [-0.05, 0) is 31.9 Å². The highest BCUT2D eigenvalue weighted by molar-refractivity contribution is 14.0. The fourth-order valence-corrected chi connectivity index (χ4v) is 4.27. The number of aliphatic imine (C=N–C) groups is 1. The van der Waals surface area contributed by atoms with Crippen molar-refractivity contribution in [1.82, 2.24) is 15.5 Å². The average molecular weight is 472 g/mol. The van der Waals surface area contributed by atoms with Gasteiger partial charge in [-0.25, -0.2) is 0 Å². The molecule has 8 heteroatoms. The molecule has 0 aliphatic carbocycles. The van der Waals surface area contributed by atoms with Gasteiger partial charge in [-0.15, -0.1) is 24.0 Å². The number of hydrogen-bond donors (Lipinski definition) is 3. The van der Waals surface area contributed by atoms with Gasteiger partial charge >= 0.3 is 0 Å². The van der Waals surface area contributed by atoms with Crippen molar-refractivity contribution < 1.29 is 9.84 Å². The van der Waals surface area contributed by atoms with Crippen LogP contribution in [0.15, 0.2) is 4.99 Å². The summed E-state index contributed by atoms with van der Waals surface area (Å²) in [5, 5.41) is 17.3. The fraction of sp³-hybridized carbons (Fsp3) is 0.938. The Labute approximate surface area is 167 Å². The SMILES string of the molecule is CCNC(=NCC1(O)CCSC1)NC1CCN(CCOC)CC1.I. The third kappa shape index (κ3) is 7.63. The number of nitrogens with zero attached hydrogens (tertiary/aromatic N) is 2. The number of rotatable bonds is 7. The first kappa shape index (κ1) is 22.3. The summed E-state index contributed by atoms with van der Waals surface area (Å²) in [4.78, 5) is 7.08. The second-order valence-corrected chi connectivity index (χ2v) is 7.58. The summed E-state index contributed by atoms with van der Waals surface area (Å²) >= 11 is 1.81. The van der Waals surface area contributed by atoms with Gasteiger partial charge in [0, 0.05) is 45.1 Å². The molecule has 2 aliphatic heterocycles. The van der Waals surface area contributed by atoms with Crippen molar-refractivity contribution in [1.29, 1.82) is 0 Å². The number of hydrogen-bond acceptors (Lipinski definition) is 5. The Morgan fingerprint density at radius 3 is 2.75 bits per heavy atom. The Kier molecular flexibility index (Phi) is 10.9. The Morgan fingerprint density at radius 2 is 2.17 bits per heavy atom. The highest BCUT2D eigenvalue weighted by atomic mass is 127. The van der Waals surface area contributed by atoms with Crippen molar-refractivity contribution >= 4 is 41.7 Å². The summed E-state index contributed by atoms with van der Waals surface area (Å²) < 4.78 is 5.15. The van der Waals surface area contributed by atoms with E-state index in [1.807, 2.05) is 11.8 Å². The van der Waals surface area contributed by atoms with Crippen molar-refractivity contribution in [3.63, 3.8) is 0 Å². The van der Waals surface area contributed by atoms with Crippen molar-refractivity contribution in [3.05, 3.63) is 0 Å². The zero-order chi connectivity index (χ0) is 16.5. The molecule has 0 spiro atoms. The first-order valence-corrected chi connectivity index (χ1v) is 9.87. The lowest BCUT2D eigenvalue weighted by atomic mass is 10.0. The number of piperidine rings is 1. The second kappa shape index (κ2) is 11.8. The number of halogens is 1. The molecule has 2 saturated heterocycles. The van der Waals surface area contributed by atoms with Crippen LogP contribution in [-0.4, -0.2) is 85.6 Å². The summed E-state index contributed by atoms with van der Waals surface area (Å²) in [7, 11) is 1.75. The van der Waals surface area contributed by atoms with Crippen LogP contribution < -0.4 is 10.6 Å². The lowest BCUT2D eigenvalue weighted by Gasteiger charge is -2.33. The van der Waals surface area contributed by atoms with Gasteiger partial charge in [0.2, 0.25) is 0 Å². The number of guanidine groups is 1. The number of ether oxygens (including phenoxy) is 1. The van der Waals surface area contributed by atoms with E-state index in [0.717, 1.165) is 69.5 Å². The van der Waals surface area contributed by atoms with Crippen molar-refractivity contribution in [3.8, 4) is 0 Å². The summed E-state index contributed by atoms with van der Waals surface area (Å²) in [6.45, 7) is 7.42. The van der Waals surface area contributed by atoms with Gasteiger partial charge in [-0.1, -0.05) is 0 Å². The van der Waals surface area contributed by atoms with E-state index in [9.17, 15) is 5.11 Å². The fourth-order valence-electron chi connectivity index (χ4n) is 2.98.